The lowest BCUT2D eigenvalue weighted by Crippen LogP contribution is -2.40. The molecular formula is C12H18N2O4S2. The van der Waals surface area contributed by atoms with Gasteiger partial charge in [0.2, 0.25) is 10.0 Å². The first kappa shape index (κ1) is 15.4. The van der Waals surface area contributed by atoms with Crippen molar-refractivity contribution in [3.63, 3.8) is 0 Å². The number of thiophene rings is 1. The molecule has 2 heterocycles. The largest absolute Gasteiger partial charge is 0.381 e. The van der Waals surface area contributed by atoms with E-state index in [0.29, 0.717) is 11.5 Å². The van der Waals surface area contributed by atoms with Crippen molar-refractivity contribution in [3.05, 3.63) is 17.0 Å². The number of hydrogen-bond donors (Lipinski definition) is 2. The van der Waals surface area contributed by atoms with Gasteiger partial charge in [0, 0.05) is 24.6 Å². The van der Waals surface area contributed by atoms with Crippen molar-refractivity contribution in [1.29, 1.82) is 0 Å². The summed E-state index contributed by atoms with van der Waals surface area (Å²) in [6.45, 7) is 3.40. The van der Waals surface area contributed by atoms with Crippen molar-refractivity contribution >= 4 is 27.3 Å². The minimum atomic E-state index is -3.74. The van der Waals surface area contributed by atoms with E-state index in [1.807, 2.05) is 6.92 Å². The molecule has 0 aliphatic carbocycles. The highest BCUT2D eigenvalue weighted by atomic mass is 32.2. The Morgan fingerprint density at radius 2 is 2.15 bits per heavy atom. The number of hydrogen-bond acceptors (Lipinski definition) is 5. The Balaban J connectivity index is 1.99. The van der Waals surface area contributed by atoms with Crippen LogP contribution >= 0.6 is 11.3 Å². The molecule has 0 bridgehead atoms. The minimum absolute atomic E-state index is 0.00127. The molecule has 1 fully saturated rings. The van der Waals surface area contributed by atoms with Crippen LogP contribution in [0.1, 0.15) is 30.1 Å². The number of amides is 1. The van der Waals surface area contributed by atoms with Crippen molar-refractivity contribution in [1.82, 2.24) is 5.32 Å². The molecular weight excluding hydrogens is 300 g/mol. The summed E-state index contributed by atoms with van der Waals surface area (Å²) in [4.78, 5) is 12.1. The molecule has 1 saturated heterocycles. The van der Waals surface area contributed by atoms with E-state index in [0.717, 1.165) is 37.4 Å². The second-order valence-electron chi connectivity index (χ2n) is 4.91. The monoisotopic (exact) mass is 318 g/mol. The predicted octanol–water partition coefficient (Wildman–Crippen LogP) is 0.940. The number of carbonyl (C=O) groups excluding carboxylic acids is 1. The van der Waals surface area contributed by atoms with Gasteiger partial charge in [-0.15, -0.1) is 11.3 Å². The fourth-order valence-electron chi connectivity index (χ4n) is 2.21. The lowest BCUT2D eigenvalue weighted by molar-refractivity contribution is 0.0538. The minimum Gasteiger partial charge on any atom is -0.381 e. The zero-order valence-corrected chi connectivity index (χ0v) is 12.8. The molecule has 1 aliphatic rings. The number of ether oxygens (including phenoxy) is 1. The van der Waals surface area contributed by atoms with Crippen LogP contribution in [0, 0.1) is 5.92 Å². The molecule has 1 unspecified atom stereocenters. The molecule has 1 atom stereocenters. The maximum atomic E-state index is 12.1. The van der Waals surface area contributed by atoms with Gasteiger partial charge in [-0.2, -0.15) is 0 Å². The average molecular weight is 318 g/mol. The third kappa shape index (κ3) is 3.78. The number of nitrogens with one attached hydrogen (secondary N) is 1. The first-order chi connectivity index (χ1) is 9.38. The Labute approximate surface area is 122 Å². The third-order valence-electron chi connectivity index (χ3n) is 3.45. The molecule has 112 valence electrons. The summed E-state index contributed by atoms with van der Waals surface area (Å²) < 4.78 is 27.7. The molecule has 2 rings (SSSR count). The van der Waals surface area contributed by atoms with E-state index in [1.54, 1.807) is 0 Å². The number of carbonyl (C=O) groups is 1. The van der Waals surface area contributed by atoms with Crippen LogP contribution in [0.3, 0.4) is 0 Å². The highest BCUT2D eigenvalue weighted by molar-refractivity contribution is 7.91. The normalized spacial score (nSPS) is 18.7. The topological polar surface area (TPSA) is 98.5 Å². The first-order valence-corrected chi connectivity index (χ1v) is 8.80. The molecule has 0 spiro atoms. The molecule has 0 radical (unpaired) electrons. The Kier molecular flexibility index (Phi) is 4.79. The first-order valence-electron chi connectivity index (χ1n) is 6.38. The van der Waals surface area contributed by atoms with Crippen LogP contribution in [-0.2, 0) is 14.8 Å². The molecule has 0 saturated carbocycles. The van der Waals surface area contributed by atoms with E-state index in [4.69, 9.17) is 9.88 Å². The SMILES string of the molecule is CC(NC(=O)c1csc(S(N)(=O)=O)c1)C1CCOCC1. The summed E-state index contributed by atoms with van der Waals surface area (Å²) in [5.74, 6) is 0.124. The van der Waals surface area contributed by atoms with Crippen LogP contribution < -0.4 is 10.5 Å². The van der Waals surface area contributed by atoms with Gasteiger partial charge in [-0.1, -0.05) is 0 Å². The molecule has 1 amide bonds. The van der Waals surface area contributed by atoms with E-state index in [-0.39, 0.29) is 16.2 Å². The summed E-state index contributed by atoms with van der Waals surface area (Å²) in [5, 5.41) is 9.44. The van der Waals surface area contributed by atoms with Crippen LogP contribution in [0.25, 0.3) is 0 Å². The lowest BCUT2D eigenvalue weighted by atomic mass is 9.93. The van der Waals surface area contributed by atoms with E-state index in [1.165, 1.54) is 11.4 Å². The second-order valence-corrected chi connectivity index (χ2v) is 7.61. The van der Waals surface area contributed by atoms with Crippen LogP contribution in [0.5, 0.6) is 0 Å². The maximum Gasteiger partial charge on any atom is 0.252 e. The highest BCUT2D eigenvalue weighted by Gasteiger charge is 2.23. The number of rotatable bonds is 4. The Morgan fingerprint density at radius 3 is 2.70 bits per heavy atom. The van der Waals surface area contributed by atoms with Crippen molar-refractivity contribution in [2.24, 2.45) is 11.1 Å². The quantitative estimate of drug-likeness (QED) is 0.863. The van der Waals surface area contributed by atoms with Gasteiger partial charge in [0.25, 0.3) is 5.91 Å². The van der Waals surface area contributed by atoms with Gasteiger partial charge >= 0.3 is 0 Å². The summed E-state index contributed by atoms with van der Waals surface area (Å²) in [6, 6.07) is 1.34. The zero-order valence-electron chi connectivity index (χ0n) is 11.2. The van der Waals surface area contributed by atoms with E-state index in [2.05, 4.69) is 5.32 Å². The van der Waals surface area contributed by atoms with Crippen molar-refractivity contribution in [2.45, 2.75) is 30.0 Å². The van der Waals surface area contributed by atoms with Gasteiger partial charge in [0.15, 0.2) is 0 Å². The summed E-state index contributed by atoms with van der Waals surface area (Å²) >= 11 is 0.954. The van der Waals surface area contributed by atoms with Crippen LogP contribution in [0.2, 0.25) is 0 Å². The summed E-state index contributed by atoms with van der Waals surface area (Å²) in [7, 11) is -3.74. The summed E-state index contributed by atoms with van der Waals surface area (Å²) in [5.41, 5.74) is 0.331. The average Bonchev–Trinajstić information content (AvgIpc) is 2.89. The predicted molar refractivity (Wildman–Crippen MR) is 76.2 cm³/mol. The second kappa shape index (κ2) is 6.21. The Hall–Kier alpha value is -0.960. The maximum absolute atomic E-state index is 12.1. The van der Waals surface area contributed by atoms with Crippen molar-refractivity contribution in [3.8, 4) is 0 Å². The number of sulfonamides is 1. The molecule has 6 nitrogen and oxygen atoms in total. The fraction of sp³-hybridized carbons (Fsp3) is 0.583. The lowest BCUT2D eigenvalue weighted by Gasteiger charge is -2.28. The van der Waals surface area contributed by atoms with Crippen LogP contribution in [0.15, 0.2) is 15.7 Å². The van der Waals surface area contributed by atoms with Gasteiger partial charge in [-0.3, -0.25) is 4.79 Å². The van der Waals surface area contributed by atoms with E-state index >= 15 is 0 Å². The molecule has 1 aliphatic heterocycles. The molecule has 8 heteroatoms. The van der Waals surface area contributed by atoms with E-state index in [9.17, 15) is 13.2 Å². The Bertz CT molecular complexity index is 576. The summed E-state index contributed by atoms with van der Waals surface area (Å²) in [6.07, 6.45) is 1.85. The third-order valence-corrected chi connectivity index (χ3v) is 5.84. The number of primary sulfonamides is 1. The van der Waals surface area contributed by atoms with Crippen molar-refractivity contribution < 1.29 is 17.9 Å². The van der Waals surface area contributed by atoms with E-state index < -0.39 is 10.0 Å². The standard InChI is InChI=1S/C12H18N2O4S2/c1-8(9-2-4-18-5-3-9)14-12(15)10-6-11(19-7-10)20(13,16)17/h6-9H,2-5H2,1H3,(H,14,15)(H2,13,16,17). The van der Waals surface area contributed by atoms with Gasteiger partial charge < -0.3 is 10.1 Å². The smallest absolute Gasteiger partial charge is 0.252 e. The van der Waals surface area contributed by atoms with Crippen LogP contribution in [0.4, 0.5) is 0 Å². The molecule has 3 N–H and O–H groups in total. The van der Waals surface area contributed by atoms with Gasteiger partial charge in [-0.25, -0.2) is 13.6 Å². The van der Waals surface area contributed by atoms with Crippen molar-refractivity contribution in [2.75, 3.05) is 13.2 Å². The van der Waals surface area contributed by atoms with Gasteiger partial charge in [0.1, 0.15) is 4.21 Å². The molecule has 1 aromatic rings. The molecule has 20 heavy (non-hydrogen) atoms. The fourth-order valence-corrected chi connectivity index (χ4v) is 3.79. The van der Waals surface area contributed by atoms with Gasteiger partial charge in [0.05, 0.1) is 5.56 Å². The van der Waals surface area contributed by atoms with Gasteiger partial charge in [-0.05, 0) is 31.7 Å². The van der Waals surface area contributed by atoms with Crippen LogP contribution in [-0.4, -0.2) is 33.6 Å². The molecule has 0 aromatic carbocycles. The zero-order chi connectivity index (χ0) is 14.8. The number of nitrogens with two attached hydrogens (primary N) is 1. The Morgan fingerprint density at radius 1 is 1.50 bits per heavy atom. The molecule has 1 aromatic heterocycles. The highest BCUT2D eigenvalue weighted by Crippen LogP contribution is 2.21.